The van der Waals surface area contributed by atoms with Gasteiger partial charge in [0, 0.05) is 24.5 Å². The molecule has 0 amide bonds. The third-order valence-electron chi connectivity index (χ3n) is 3.32. The molecule has 0 aromatic carbocycles. The summed E-state index contributed by atoms with van der Waals surface area (Å²) in [5.74, 6) is 2.19. The lowest BCUT2D eigenvalue weighted by Gasteiger charge is -2.12. The lowest BCUT2D eigenvalue weighted by Crippen LogP contribution is -2.38. The first kappa shape index (κ1) is 19.8. The standard InChI is InChI=1S/C15H23ClN4S.HI/c1-2-17-15(20-11-13-4-3-9-21-13)18-8-7-12-5-6-14(16)19-10-12;/h5-6,10,13H,2-4,7-9,11H2,1H3,(H2,17,18,20);1H. The number of guanidine groups is 1. The van der Waals surface area contributed by atoms with E-state index in [2.05, 4.69) is 27.5 Å². The van der Waals surface area contributed by atoms with Crippen LogP contribution >= 0.6 is 47.3 Å². The average Bonchev–Trinajstić information content (AvgIpc) is 3.00. The second kappa shape index (κ2) is 11.3. The number of hydrogen-bond acceptors (Lipinski definition) is 3. The Bertz CT molecular complexity index is 449. The molecule has 1 aromatic rings. The molecule has 0 saturated carbocycles. The van der Waals surface area contributed by atoms with E-state index in [0.29, 0.717) is 10.4 Å². The van der Waals surface area contributed by atoms with Crippen LogP contribution in [0.2, 0.25) is 5.15 Å². The highest BCUT2D eigenvalue weighted by Crippen LogP contribution is 2.25. The van der Waals surface area contributed by atoms with E-state index in [0.717, 1.165) is 32.0 Å². The zero-order valence-electron chi connectivity index (χ0n) is 12.8. The average molecular weight is 455 g/mol. The fraction of sp³-hybridized carbons (Fsp3) is 0.600. The molecule has 7 heteroatoms. The van der Waals surface area contributed by atoms with Gasteiger partial charge < -0.3 is 10.6 Å². The molecule has 4 nitrogen and oxygen atoms in total. The number of thioether (sulfide) groups is 1. The summed E-state index contributed by atoms with van der Waals surface area (Å²) in [5.41, 5.74) is 1.18. The number of pyridine rings is 1. The van der Waals surface area contributed by atoms with Crippen LogP contribution in [0.15, 0.2) is 23.3 Å². The Labute approximate surface area is 159 Å². The van der Waals surface area contributed by atoms with E-state index in [1.165, 1.54) is 24.2 Å². The molecule has 22 heavy (non-hydrogen) atoms. The predicted molar refractivity (Wildman–Crippen MR) is 108 cm³/mol. The summed E-state index contributed by atoms with van der Waals surface area (Å²) in [6.07, 6.45) is 5.36. The molecule has 1 unspecified atom stereocenters. The number of hydrogen-bond donors (Lipinski definition) is 2. The lowest BCUT2D eigenvalue weighted by molar-refractivity contribution is 0.760. The van der Waals surface area contributed by atoms with E-state index in [9.17, 15) is 0 Å². The van der Waals surface area contributed by atoms with Crippen molar-refractivity contribution in [3.63, 3.8) is 0 Å². The van der Waals surface area contributed by atoms with Crippen LogP contribution in [0.1, 0.15) is 25.3 Å². The first-order valence-corrected chi connectivity index (χ1v) is 8.95. The highest BCUT2D eigenvalue weighted by atomic mass is 127. The van der Waals surface area contributed by atoms with Crippen LogP contribution in [0.25, 0.3) is 0 Å². The van der Waals surface area contributed by atoms with Gasteiger partial charge >= 0.3 is 0 Å². The van der Waals surface area contributed by atoms with E-state index in [4.69, 9.17) is 11.6 Å². The summed E-state index contributed by atoms with van der Waals surface area (Å²) in [5, 5.41) is 7.90. The van der Waals surface area contributed by atoms with Gasteiger partial charge in [0.1, 0.15) is 5.15 Å². The topological polar surface area (TPSA) is 49.3 Å². The van der Waals surface area contributed by atoms with E-state index in [1.807, 2.05) is 30.1 Å². The molecule has 1 aromatic heterocycles. The second-order valence-electron chi connectivity index (χ2n) is 5.02. The summed E-state index contributed by atoms with van der Waals surface area (Å²) in [4.78, 5) is 8.77. The van der Waals surface area contributed by atoms with Gasteiger partial charge in [-0.2, -0.15) is 11.8 Å². The van der Waals surface area contributed by atoms with Crippen LogP contribution in [0, 0.1) is 0 Å². The SMILES string of the molecule is CCNC(=NCC1CCCS1)NCCc1ccc(Cl)nc1.I. The number of aliphatic imine (C=N–C) groups is 1. The molecule has 0 radical (unpaired) electrons. The van der Waals surface area contributed by atoms with E-state index >= 15 is 0 Å². The molecule has 1 saturated heterocycles. The highest BCUT2D eigenvalue weighted by molar-refractivity contribution is 14.0. The van der Waals surface area contributed by atoms with Gasteiger partial charge in [0.2, 0.25) is 0 Å². The van der Waals surface area contributed by atoms with E-state index in [-0.39, 0.29) is 24.0 Å². The highest BCUT2D eigenvalue weighted by Gasteiger charge is 2.14. The fourth-order valence-corrected chi connectivity index (χ4v) is 3.49. The Morgan fingerprint density at radius 3 is 2.95 bits per heavy atom. The van der Waals surface area contributed by atoms with Gasteiger partial charge in [-0.1, -0.05) is 17.7 Å². The quantitative estimate of drug-likeness (QED) is 0.300. The van der Waals surface area contributed by atoms with Gasteiger partial charge in [-0.3, -0.25) is 4.99 Å². The van der Waals surface area contributed by atoms with Gasteiger partial charge in [-0.25, -0.2) is 4.98 Å². The monoisotopic (exact) mass is 454 g/mol. The molecule has 124 valence electrons. The van der Waals surface area contributed by atoms with Gasteiger partial charge in [0.25, 0.3) is 0 Å². The van der Waals surface area contributed by atoms with Crippen molar-refractivity contribution in [2.24, 2.45) is 4.99 Å². The third kappa shape index (κ3) is 7.37. The van der Waals surface area contributed by atoms with Gasteiger partial charge in [-0.05, 0) is 43.6 Å². The molecule has 0 bridgehead atoms. The predicted octanol–water partition coefficient (Wildman–Crippen LogP) is 3.35. The number of nitrogens with zero attached hydrogens (tertiary/aromatic N) is 2. The van der Waals surface area contributed by atoms with Crippen molar-refractivity contribution >= 4 is 53.3 Å². The van der Waals surface area contributed by atoms with E-state index < -0.39 is 0 Å². The van der Waals surface area contributed by atoms with Crippen LogP contribution in [0.5, 0.6) is 0 Å². The van der Waals surface area contributed by atoms with Crippen LogP contribution in [0.3, 0.4) is 0 Å². The Balaban J connectivity index is 0.00000242. The molecule has 2 heterocycles. The molecule has 1 fully saturated rings. The molecule has 1 atom stereocenters. The van der Waals surface area contributed by atoms with Crippen LogP contribution < -0.4 is 10.6 Å². The first-order chi connectivity index (χ1) is 10.3. The maximum absolute atomic E-state index is 5.78. The van der Waals surface area contributed by atoms with Gasteiger partial charge in [-0.15, -0.1) is 24.0 Å². The molecule has 1 aliphatic heterocycles. The van der Waals surface area contributed by atoms with Crippen molar-refractivity contribution in [2.45, 2.75) is 31.4 Å². The molecule has 2 N–H and O–H groups in total. The molecular weight excluding hydrogens is 431 g/mol. The Kier molecular flexibility index (Phi) is 10.2. The van der Waals surface area contributed by atoms with Crippen molar-refractivity contribution in [2.75, 3.05) is 25.4 Å². The van der Waals surface area contributed by atoms with Crippen LogP contribution in [-0.2, 0) is 6.42 Å². The zero-order chi connectivity index (χ0) is 14.9. The summed E-state index contributed by atoms with van der Waals surface area (Å²) < 4.78 is 0. The third-order valence-corrected chi connectivity index (χ3v) is 4.92. The Morgan fingerprint density at radius 1 is 1.45 bits per heavy atom. The van der Waals surface area contributed by atoms with Crippen LogP contribution in [0.4, 0.5) is 0 Å². The first-order valence-electron chi connectivity index (χ1n) is 7.52. The minimum atomic E-state index is 0. The summed E-state index contributed by atoms with van der Waals surface area (Å²) in [6.45, 7) is 4.71. The zero-order valence-corrected chi connectivity index (χ0v) is 16.8. The summed E-state index contributed by atoms with van der Waals surface area (Å²) in [7, 11) is 0. The number of rotatable bonds is 6. The smallest absolute Gasteiger partial charge is 0.191 e. The van der Waals surface area contributed by atoms with Crippen molar-refractivity contribution in [1.82, 2.24) is 15.6 Å². The minimum Gasteiger partial charge on any atom is -0.357 e. The molecule has 2 rings (SSSR count). The van der Waals surface area contributed by atoms with E-state index in [1.54, 1.807) is 0 Å². The summed E-state index contributed by atoms with van der Waals surface area (Å²) in [6, 6.07) is 3.84. The molecular formula is C15H24ClIN4S. The van der Waals surface area contributed by atoms with Gasteiger partial charge in [0.05, 0.1) is 6.54 Å². The number of nitrogens with one attached hydrogen (secondary N) is 2. The normalized spacial score (nSPS) is 17.9. The lowest BCUT2D eigenvalue weighted by atomic mass is 10.2. The maximum Gasteiger partial charge on any atom is 0.191 e. The molecule has 0 spiro atoms. The van der Waals surface area contributed by atoms with Gasteiger partial charge in [0.15, 0.2) is 5.96 Å². The maximum atomic E-state index is 5.78. The Morgan fingerprint density at radius 2 is 2.32 bits per heavy atom. The van der Waals surface area contributed by atoms with Crippen molar-refractivity contribution in [3.8, 4) is 0 Å². The summed E-state index contributed by atoms with van der Waals surface area (Å²) >= 11 is 7.82. The van der Waals surface area contributed by atoms with Crippen LogP contribution in [-0.4, -0.2) is 41.6 Å². The van der Waals surface area contributed by atoms with Crippen molar-refractivity contribution in [3.05, 3.63) is 29.0 Å². The number of aromatic nitrogens is 1. The fourth-order valence-electron chi connectivity index (χ4n) is 2.20. The van der Waals surface area contributed by atoms with Crippen molar-refractivity contribution in [1.29, 1.82) is 0 Å². The van der Waals surface area contributed by atoms with Crippen molar-refractivity contribution < 1.29 is 0 Å². The Hall–Kier alpha value is -0.210. The molecule has 0 aliphatic carbocycles. The second-order valence-corrected chi connectivity index (χ2v) is 6.82. The number of halogens is 2. The minimum absolute atomic E-state index is 0. The largest absolute Gasteiger partial charge is 0.357 e. The molecule has 1 aliphatic rings.